The second-order valence-corrected chi connectivity index (χ2v) is 7.10. The molecule has 0 aromatic rings. The number of ether oxygens (including phenoxy) is 1. The summed E-state index contributed by atoms with van der Waals surface area (Å²) in [6.07, 6.45) is 2.79. The summed E-state index contributed by atoms with van der Waals surface area (Å²) in [4.78, 5) is 23.8. The van der Waals surface area contributed by atoms with E-state index in [4.69, 9.17) is 4.74 Å². The van der Waals surface area contributed by atoms with E-state index in [-0.39, 0.29) is 12.3 Å². The number of nitrogens with one attached hydrogen (secondary N) is 1. The van der Waals surface area contributed by atoms with Gasteiger partial charge in [-0.15, -0.1) is 0 Å². The summed E-state index contributed by atoms with van der Waals surface area (Å²) in [6, 6.07) is 0. The minimum Gasteiger partial charge on any atom is -0.479 e. The molecule has 1 aliphatic rings. The highest BCUT2D eigenvalue weighted by Gasteiger charge is 2.49. The first kappa shape index (κ1) is 18.7. The lowest BCUT2D eigenvalue weighted by Gasteiger charge is -2.39. The molecule has 0 saturated heterocycles. The number of amides is 1. The second kappa shape index (κ2) is 7.31. The number of aliphatic hydroxyl groups is 1. The third-order valence-corrected chi connectivity index (χ3v) is 4.26. The van der Waals surface area contributed by atoms with Gasteiger partial charge in [-0.2, -0.15) is 0 Å². The first-order valence-corrected chi connectivity index (χ1v) is 8.05. The Bertz CT molecular complexity index is 398. The monoisotopic (exact) mass is 315 g/mol. The minimum absolute atomic E-state index is 0.0965. The molecule has 0 aliphatic heterocycles. The van der Waals surface area contributed by atoms with Crippen molar-refractivity contribution in [2.75, 3.05) is 0 Å². The molecule has 0 aromatic heterocycles. The molecule has 1 aliphatic carbocycles. The van der Waals surface area contributed by atoms with Crippen LogP contribution in [-0.4, -0.2) is 39.5 Å². The fourth-order valence-electron chi connectivity index (χ4n) is 3.04. The average Bonchev–Trinajstić information content (AvgIpc) is 2.42. The van der Waals surface area contributed by atoms with Crippen molar-refractivity contribution in [2.24, 2.45) is 5.92 Å². The minimum atomic E-state index is -1.70. The van der Waals surface area contributed by atoms with Gasteiger partial charge in [0, 0.05) is 0 Å². The van der Waals surface area contributed by atoms with Crippen LogP contribution in [0.2, 0.25) is 0 Å². The van der Waals surface area contributed by atoms with E-state index in [2.05, 4.69) is 5.32 Å². The van der Waals surface area contributed by atoms with E-state index in [0.29, 0.717) is 0 Å². The number of carbonyl (C=O) groups is 2. The maximum absolute atomic E-state index is 12.0. The standard InChI is InChI=1S/C16H29NO5/c1-5-16(13(19)20,17-14(21)22-15(2,3)4)12(18)11-9-7-6-8-10-11/h11-12,18H,5-10H2,1-4H3,(H,17,21)(H,19,20)/t12-,16-/m1/s1. The van der Waals surface area contributed by atoms with Gasteiger partial charge in [0.1, 0.15) is 5.60 Å². The molecule has 22 heavy (non-hydrogen) atoms. The molecule has 0 unspecified atom stereocenters. The van der Waals surface area contributed by atoms with Gasteiger partial charge in [-0.25, -0.2) is 9.59 Å². The van der Waals surface area contributed by atoms with Crippen LogP contribution in [0.1, 0.15) is 66.2 Å². The highest BCUT2D eigenvalue weighted by molar-refractivity contribution is 5.85. The Hall–Kier alpha value is -1.30. The third-order valence-electron chi connectivity index (χ3n) is 4.26. The average molecular weight is 315 g/mol. The van der Waals surface area contributed by atoms with Crippen LogP contribution >= 0.6 is 0 Å². The van der Waals surface area contributed by atoms with E-state index in [1.807, 2.05) is 0 Å². The number of alkyl carbamates (subject to hydrolysis) is 1. The van der Waals surface area contributed by atoms with E-state index in [1.165, 1.54) is 0 Å². The van der Waals surface area contributed by atoms with E-state index in [9.17, 15) is 19.8 Å². The van der Waals surface area contributed by atoms with Crippen molar-refractivity contribution in [3.63, 3.8) is 0 Å². The normalized spacial score (nSPS) is 20.8. The van der Waals surface area contributed by atoms with Crippen LogP contribution < -0.4 is 5.32 Å². The third kappa shape index (κ3) is 4.60. The van der Waals surface area contributed by atoms with Crippen molar-refractivity contribution in [3.05, 3.63) is 0 Å². The SMILES string of the molecule is CC[C@](NC(=O)OC(C)(C)C)(C(=O)O)[C@H](O)C1CCCCC1. The fourth-order valence-corrected chi connectivity index (χ4v) is 3.04. The number of aliphatic carboxylic acids is 1. The van der Waals surface area contributed by atoms with Gasteiger partial charge in [0.15, 0.2) is 5.54 Å². The zero-order valence-corrected chi connectivity index (χ0v) is 14.0. The van der Waals surface area contributed by atoms with Gasteiger partial charge in [-0.05, 0) is 46.0 Å². The number of carboxylic acid groups (broad SMARTS) is 1. The van der Waals surface area contributed by atoms with E-state index < -0.39 is 29.3 Å². The molecule has 1 fully saturated rings. The number of aliphatic hydroxyl groups excluding tert-OH is 1. The van der Waals surface area contributed by atoms with Gasteiger partial charge >= 0.3 is 12.1 Å². The lowest BCUT2D eigenvalue weighted by molar-refractivity contribution is -0.153. The Balaban J connectivity index is 2.93. The van der Waals surface area contributed by atoms with Gasteiger partial charge < -0.3 is 20.3 Å². The van der Waals surface area contributed by atoms with Crippen molar-refractivity contribution in [3.8, 4) is 0 Å². The Labute approximate surface area is 132 Å². The predicted octanol–water partition coefficient (Wildman–Crippen LogP) is 2.69. The smallest absolute Gasteiger partial charge is 0.408 e. The molecule has 0 radical (unpaired) electrons. The Morgan fingerprint density at radius 1 is 1.23 bits per heavy atom. The summed E-state index contributed by atoms with van der Waals surface area (Å²) in [7, 11) is 0. The van der Waals surface area contributed by atoms with Crippen LogP contribution in [0.3, 0.4) is 0 Å². The molecule has 6 heteroatoms. The van der Waals surface area contributed by atoms with Crippen LogP contribution in [0.15, 0.2) is 0 Å². The van der Waals surface area contributed by atoms with Crippen LogP contribution in [0, 0.1) is 5.92 Å². The summed E-state index contributed by atoms with van der Waals surface area (Å²) in [5.41, 5.74) is -2.43. The molecule has 0 aromatic carbocycles. The summed E-state index contributed by atoms with van der Waals surface area (Å²) in [6.45, 7) is 6.77. The molecule has 128 valence electrons. The Morgan fingerprint density at radius 3 is 2.18 bits per heavy atom. The van der Waals surface area contributed by atoms with E-state index in [0.717, 1.165) is 32.1 Å². The first-order chi connectivity index (χ1) is 10.1. The van der Waals surface area contributed by atoms with Crippen molar-refractivity contribution in [2.45, 2.75) is 83.5 Å². The highest BCUT2D eigenvalue weighted by atomic mass is 16.6. The number of carbonyl (C=O) groups excluding carboxylic acids is 1. The Morgan fingerprint density at radius 2 is 1.77 bits per heavy atom. The lowest BCUT2D eigenvalue weighted by Crippen LogP contribution is -2.64. The largest absolute Gasteiger partial charge is 0.479 e. The van der Waals surface area contributed by atoms with Crippen molar-refractivity contribution < 1.29 is 24.5 Å². The van der Waals surface area contributed by atoms with Gasteiger partial charge in [-0.3, -0.25) is 0 Å². The summed E-state index contributed by atoms with van der Waals surface area (Å²) in [5, 5.41) is 22.7. The number of rotatable bonds is 5. The van der Waals surface area contributed by atoms with Gasteiger partial charge in [0.25, 0.3) is 0 Å². The molecule has 0 bridgehead atoms. The van der Waals surface area contributed by atoms with Crippen LogP contribution in [0.25, 0.3) is 0 Å². The summed E-state index contributed by atoms with van der Waals surface area (Å²) in [5.74, 6) is -1.33. The Kier molecular flexibility index (Phi) is 6.23. The molecule has 1 rings (SSSR count). The lowest BCUT2D eigenvalue weighted by atomic mass is 9.75. The number of hydrogen-bond acceptors (Lipinski definition) is 4. The summed E-state index contributed by atoms with van der Waals surface area (Å²) >= 11 is 0. The van der Waals surface area contributed by atoms with E-state index >= 15 is 0 Å². The van der Waals surface area contributed by atoms with Crippen molar-refractivity contribution >= 4 is 12.1 Å². The summed E-state index contributed by atoms with van der Waals surface area (Å²) < 4.78 is 5.16. The molecule has 6 nitrogen and oxygen atoms in total. The quantitative estimate of drug-likeness (QED) is 0.725. The zero-order valence-electron chi connectivity index (χ0n) is 14.0. The molecule has 0 spiro atoms. The molecule has 0 heterocycles. The topological polar surface area (TPSA) is 95.9 Å². The molecular weight excluding hydrogens is 286 g/mol. The molecule has 1 amide bonds. The molecule has 2 atom stereocenters. The van der Waals surface area contributed by atoms with Gasteiger partial charge in [-0.1, -0.05) is 26.2 Å². The first-order valence-electron chi connectivity index (χ1n) is 8.05. The second-order valence-electron chi connectivity index (χ2n) is 7.10. The van der Waals surface area contributed by atoms with Crippen LogP contribution in [0.5, 0.6) is 0 Å². The van der Waals surface area contributed by atoms with Gasteiger partial charge in [0.2, 0.25) is 0 Å². The maximum Gasteiger partial charge on any atom is 0.408 e. The molecule has 3 N–H and O–H groups in total. The fraction of sp³-hybridized carbons (Fsp3) is 0.875. The zero-order chi connectivity index (χ0) is 17.0. The predicted molar refractivity (Wildman–Crippen MR) is 82.6 cm³/mol. The maximum atomic E-state index is 12.0. The molecular formula is C16H29NO5. The molecule has 1 saturated carbocycles. The van der Waals surface area contributed by atoms with Crippen LogP contribution in [-0.2, 0) is 9.53 Å². The number of carboxylic acids is 1. The number of hydrogen-bond donors (Lipinski definition) is 3. The van der Waals surface area contributed by atoms with Crippen LogP contribution in [0.4, 0.5) is 4.79 Å². The van der Waals surface area contributed by atoms with Gasteiger partial charge in [0.05, 0.1) is 6.10 Å². The van der Waals surface area contributed by atoms with Crippen molar-refractivity contribution in [1.82, 2.24) is 5.32 Å². The van der Waals surface area contributed by atoms with E-state index in [1.54, 1.807) is 27.7 Å². The highest BCUT2D eigenvalue weighted by Crippen LogP contribution is 2.33. The van der Waals surface area contributed by atoms with Crippen molar-refractivity contribution in [1.29, 1.82) is 0 Å².